The van der Waals surface area contributed by atoms with Crippen molar-refractivity contribution in [1.82, 2.24) is 30.8 Å². The zero-order valence-electron chi connectivity index (χ0n) is 14.2. The number of hydrogen-bond donors (Lipinski definition) is 2. The number of ether oxygens (including phenoxy) is 1. The number of carbonyl (C=O) groups excluding carboxylic acids is 2. The monoisotopic (exact) mass is 374 g/mol. The van der Waals surface area contributed by atoms with Crippen molar-refractivity contribution in [3.63, 3.8) is 0 Å². The van der Waals surface area contributed by atoms with Crippen LogP contribution in [-0.2, 0) is 9.59 Å². The molecule has 2 aliphatic rings. The van der Waals surface area contributed by atoms with Crippen LogP contribution < -0.4 is 10.1 Å². The van der Waals surface area contributed by atoms with Crippen molar-refractivity contribution in [1.29, 1.82) is 0 Å². The first-order chi connectivity index (χ1) is 12.5. The van der Waals surface area contributed by atoms with Crippen molar-refractivity contribution >= 4 is 23.6 Å². The van der Waals surface area contributed by atoms with E-state index in [1.54, 1.807) is 28.8 Å². The van der Waals surface area contributed by atoms with Gasteiger partial charge in [-0.2, -0.15) is 0 Å². The Morgan fingerprint density at radius 2 is 2.15 bits per heavy atom. The Bertz CT molecular complexity index is 813. The molecule has 2 saturated heterocycles. The molecule has 4 rings (SSSR count). The van der Waals surface area contributed by atoms with Crippen LogP contribution in [0.15, 0.2) is 30.3 Å². The van der Waals surface area contributed by atoms with E-state index in [2.05, 4.69) is 25.9 Å². The zero-order chi connectivity index (χ0) is 18.3. The molecular weight excluding hydrogens is 356 g/mol. The molecule has 3 atom stereocenters. The summed E-state index contributed by atoms with van der Waals surface area (Å²) in [6, 6.07) is 8.26. The first-order valence-corrected chi connectivity index (χ1v) is 9.06. The number of nitrogens with one attached hydrogen (secondary N) is 2. The highest BCUT2D eigenvalue weighted by molar-refractivity contribution is 8.01. The quantitative estimate of drug-likeness (QED) is 0.733. The van der Waals surface area contributed by atoms with Crippen molar-refractivity contribution in [3.05, 3.63) is 36.2 Å². The number of benzene rings is 1. The Hall–Kier alpha value is -2.62. The van der Waals surface area contributed by atoms with Crippen molar-refractivity contribution in [2.75, 3.05) is 6.61 Å². The van der Waals surface area contributed by atoms with Gasteiger partial charge in [0, 0.05) is 4.75 Å². The normalized spacial score (nSPS) is 26.2. The Morgan fingerprint density at radius 1 is 1.38 bits per heavy atom. The molecule has 136 valence electrons. The lowest BCUT2D eigenvalue weighted by Gasteiger charge is -2.44. The third kappa shape index (κ3) is 2.79. The van der Waals surface area contributed by atoms with Crippen LogP contribution in [0.4, 0.5) is 0 Å². The first kappa shape index (κ1) is 16.8. The number of β-lactam (4-membered cyclic amide) rings is 1. The summed E-state index contributed by atoms with van der Waals surface area (Å²) >= 11 is 1.63. The number of aromatic nitrogens is 4. The molecule has 10 heteroatoms. The molecular formula is C16H18N6O3S. The Labute approximate surface area is 153 Å². The van der Waals surface area contributed by atoms with Crippen molar-refractivity contribution in [2.24, 2.45) is 0 Å². The molecule has 26 heavy (non-hydrogen) atoms. The van der Waals surface area contributed by atoms with Crippen LogP contribution in [0.1, 0.15) is 25.7 Å². The Kier molecular flexibility index (Phi) is 4.06. The van der Waals surface area contributed by atoms with Gasteiger partial charge in [-0.05, 0) is 36.4 Å². The fourth-order valence-electron chi connectivity index (χ4n) is 3.35. The minimum absolute atomic E-state index is 0.135. The van der Waals surface area contributed by atoms with Gasteiger partial charge in [-0.25, -0.2) is 5.10 Å². The fourth-order valence-corrected chi connectivity index (χ4v) is 4.99. The van der Waals surface area contributed by atoms with Gasteiger partial charge in [-0.15, -0.1) is 16.9 Å². The van der Waals surface area contributed by atoms with Crippen molar-refractivity contribution in [2.45, 2.75) is 36.1 Å². The topological polar surface area (TPSA) is 113 Å². The number of nitrogens with zero attached hydrogens (tertiary/aromatic N) is 4. The van der Waals surface area contributed by atoms with Crippen LogP contribution in [0.25, 0.3) is 0 Å². The SMILES string of the molecule is CC1(C)S[C@H]2C(NC(=O)COc3ccccc3)C(=O)N2C1c1nnn[nH]1. The number of hydrogen-bond acceptors (Lipinski definition) is 7. The second-order valence-electron chi connectivity index (χ2n) is 6.69. The number of carbonyl (C=O) groups is 2. The van der Waals surface area contributed by atoms with Crippen LogP contribution >= 0.6 is 11.8 Å². The molecule has 0 aliphatic carbocycles. The smallest absolute Gasteiger partial charge is 0.258 e. The molecule has 2 aromatic rings. The van der Waals surface area contributed by atoms with Crippen molar-refractivity contribution < 1.29 is 14.3 Å². The molecule has 2 aliphatic heterocycles. The van der Waals surface area contributed by atoms with Gasteiger partial charge in [-0.3, -0.25) is 9.59 Å². The lowest BCUT2D eigenvalue weighted by Crippen LogP contribution is -2.68. The van der Waals surface area contributed by atoms with Crippen molar-refractivity contribution in [3.8, 4) is 5.75 Å². The molecule has 3 heterocycles. The van der Waals surface area contributed by atoms with Gasteiger partial charge in [0.15, 0.2) is 12.4 Å². The van der Waals surface area contributed by atoms with E-state index in [9.17, 15) is 9.59 Å². The Balaban J connectivity index is 1.40. The van der Waals surface area contributed by atoms with Crippen LogP contribution in [0.2, 0.25) is 0 Å². The van der Waals surface area contributed by atoms with Crippen LogP contribution in [0.5, 0.6) is 5.75 Å². The van der Waals surface area contributed by atoms with Crippen LogP contribution in [-0.4, -0.2) is 60.1 Å². The average molecular weight is 374 g/mol. The first-order valence-electron chi connectivity index (χ1n) is 8.18. The second kappa shape index (κ2) is 6.27. The van der Waals surface area contributed by atoms with Gasteiger partial charge in [0.2, 0.25) is 5.91 Å². The zero-order valence-corrected chi connectivity index (χ0v) is 15.1. The van der Waals surface area contributed by atoms with Gasteiger partial charge in [0.25, 0.3) is 5.91 Å². The molecule has 1 aromatic heterocycles. The standard InChI is InChI=1S/C16H18N6O3S/c1-16(2)12(13-18-20-21-19-13)22-14(24)11(15(22)26-16)17-10(23)8-25-9-6-4-3-5-7-9/h3-7,11-12,15H,8H2,1-2H3,(H,17,23)(H,18,19,20,21)/t11?,12?,15-/m0/s1. The number of thioether (sulfide) groups is 1. The van der Waals surface area contributed by atoms with E-state index in [1.165, 1.54) is 0 Å². The number of tetrazole rings is 1. The van der Waals surface area contributed by atoms with E-state index < -0.39 is 6.04 Å². The highest BCUT2D eigenvalue weighted by Crippen LogP contribution is 2.56. The lowest BCUT2D eigenvalue weighted by atomic mass is 9.95. The molecule has 0 bridgehead atoms. The van der Waals surface area contributed by atoms with Gasteiger partial charge in [0.1, 0.15) is 23.2 Å². The molecule has 0 radical (unpaired) electrons. The largest absolute Gasteiger partial charge is 0.484 e. The molecule has 1 aromatic carbocycles. The molecule has 2 fully saturated rings. The second-order valence-corrected chi connectivity index (χ2v) is 8.46. The Morgan fingerprint density at radius 3 is 2.85 bits per heavy atom. The van der Waals surface area contributed by atoms with E-state index in [-0.39, 0.29) is 34.6 Å². The predicted octanol–water partition coefficient (Wildman–Crippen LogP) is 0.498. The van der Waals surface area contributed by atoms with E-state index in [0.717, 1.165) is 0 Å². The number of para-hydroxylation sites is 1. The van der Waals surface area contributed by atoms with E-state index in [0.29, 0.717) is 11.6 Å². The number of H-pyrrole nitrogens is 1. The third-order valence-corrected chi connectivity index (χ3v) is 6.06. The average Bonchev–Trinajstić information content (AvgIpc) is 3.23. The molecule has 2 amide bonds. The lowest BCUT2D eigenvalue weighted by molar-refractivity contribution is -0.152. The number of rotatable bonds is 5. The summed E-state index contributed by atoms with van der Waals surface area (Å²) in [5, 5.41) is 16.6. The fraction of sp³-hybridized carbons (Fsp3) is 0.438. The van der Waals surface area contributed by atoms with Crippen LogP contribution in [0.3, 0.4) is 0 Å². The molecule has 2 unspecified atom stereocenters. The van der Waals surface area contributed by atoms with Gasteiger partial charge < -0.3 is 15.0 Å². The summed E-state index contributed by atoms with van der Waals surface area (Å²) < 4.78 is 5.15. The molecule has 0 spiro atoms. The number of amides is 2. The summed E-state index contributed by atoms with van der Waals surface area (Å²) in [7, 11) is 0. The highest BCUT2D eigenvalue weighted by Gasteiger charge is 2.63. The summed E-state index contributed by atoms with van der Waals surface area (Å²) in [6.45, 7) is 3.94. The number of aromatic amines is 1. The molecule has 2 N–H and O–H groups in total. The van der Waals surface area contributed by atoms with E-state index in [1.807, 2.05) is 32.0 Å². The predicted molar refractivity (Wildman–Crippen MR) is 93.1 cm³/mol. The van der Waals surface area contributed by atoms with Gasteiger partial charge in [-0.1, -0.05) is 18.2 Å². The summed E-state index contributed by atoms with van der Waals surface area (Å²) in [6.07, 6.45) is 0. The van der Waals surface area contributed by atoms with E-state index in [4.69, 9.17) is 4.74 Å². The maximum absolute atomic E-state index is 12.6. The van der Waals surface area contributed by atoms with E-state index >= 15 is 0 Å². The minimum Gasteiger partial charge on any atom is -0.484 e. The van der Waals surface area contributed by atoms with Gasteiger partial charge in [0.05, 0.1) is 0 Å². The minimum atomic E-state index is -0.563. The maximum Gasteiger partial charge on any atom is 0.258 e. The molecule has 0 saturated carbocycles. The molecule has 9 nitrogen and oxygen atoms in total. The summed E-state index contributed by atoms with van der Waals surface area (Å²) in [5.74, 6) is 0.701. The summed E-state index contributed by atoms with van der Waals surface area (Å²) in [5.41, 5.74) is 0. The summed E-state index contributed by atoms with van der Waals surface area (Å²) in [4.78, 5) is 26.5. The highest BCUT2D eigenvalue weighted by atomic mass is 32.2. The number of fused-ring (bicyclic) bond motifs is 1. The third-order valence-electron chi connectivity index (χ3n) is 4.49. The van der Waals surface area contributed by atoms with Crippen LogP contribution in [0, 0.1) is 0 Å². The maximum atomic E-state index is 12.6. The van der Waals surface area contributed by atoms with Gasteiger partial charge >= 0.3 is 0 Å².